The first-order valence-electron chi connectivity index (χ1n) is 10.3. The molecule has 9 heteroatoms. The van der Waals surface area contributed by atoms with E-state index in [4.69, 9.17) is 4.74 Å². The Morgan fingerprint density at radius 1 is 1.03 bits per heavy atom. The minimum atomic E-state index is -3.73. The SMILES string of the molecule is COc1cccc(CN(C(=O)CN(c2ccccc2)S(C)(=O)=O)C(C)C(=O)NC(C)C)c1. The summed E-state index contributed by atoms with van der Waals surface area (Å²) in [5, 5.41) is 2.81. The highest BCUT2D eigenvalue weighted by Crippen LogP contribution is 2.20. The molecule has 0 saturated carbocycles. The van der Waals surface area contributed by atoms with Crippen molar-refractivity contribution in [1.29, 1.82) is 0 Å². The van der Waals surface area contributed by atoms with E-state index in [1.807, 2.05) is 19.9 Å². The summed E-state index contributed by atoms with van der Waals surface area (Å²) in [5.41, 5.74) is 1.14. The topological polar surface area (TPSA) is 96.0 Å². The van der Waals surface area contributed by atoms with Crippen LogP contribution in [0.1, 0.15) is 26.3 Å². The van der Waals surface area contributed by atoms with Crippen molar-refractivity contribution in [2.24, 2.45) is 0 Å². The molecule has 0 aliphatic carbocycles. The zero-order chi connectivity index (χ0) is 23.9. The van der Waals surface area contributed by atoms with Crippen molar-refractivity contribution in [3.8, 4) is 5.75 Å². The molecule has 0 radical (unpaired) electrons. The predicted molar refractivity (Wildman–Crippen MR) is 125 cm³/mol. The number of hydrogen-bond donors (Lipinski definition) is 1. The Morgan fingerprint density at radius 2 is 1.69 bits per heavy atom. The van der Waals surface area contributed by atoms with Crippen LogP contribution in [0.5, 0.6) is 5.75 Å². The number of carbonyl (C=O) groups is 2. The van der Waals surface area contributed by atoms with E-state index in [-0.39, 0.29) is 18.5 Å². The van der Waals surface area contributed by atoms with Crippen molar-refractivity contribution in [2.75, 3.05) is 24.2 Å². The van der Waals surface area contributed by atoms with Crippen molar-refractivity contribution < 1.29 is 22.7 Å². The molecular weight excluding hydrogens is 430 g/mol. The summed E-state index contributed by atoms with van der Waals surface area (Å²) in [7, 11) is -2.18. The second kappa shape index (κ2) is 11.0. The van der Waals surface area contributed by atoms with Gasteiger partial charge in [0, 0.05) is 12.6 Å². The van der Waals surface area contributed by atoms with E-state index in [0.29, 0.717) is 11.4 Å². The highest BCUT2D eigenvalue weighted by Gasteiger charge is 2.30. The Hall–Kier alpha value is -3.07. The van der Waals surface area contributed by atoms with Crippen molar-refractivity contribution in [3.63, 3.8) is 0 Å². The van der Waals surface area contributed by atoms with Crippen molar-refractivity contribution in [1.82, 2.24) is 10.2 Å². The summed E-state index contributed by atoms with van der Waals surface area (Å²) in [6, 6.07) is 14.7. The number of nitrogens with zero attached hydrogens (tertiary/aromatic N) is 2. The Kier molecular flexibility index (Phi) is 8.65. The third-order valence-electron chi connectivity index (χ3n) is 4.81. The van der Waals surface area contributed by atoms with E-state index in [9.17, 15) is 18.0 Å². The predicted octanol–water partition coefficient (Wildman–Crippen LogP) is 2.40. The Labute approximate surface area is 190 Å². The number of hydrogen-bond acceptors (Lipinski definition) is 5. The van der Waals surface area contributed by atoms with E-state index < -0.39 is 28.5 Å². The standard InChI is InChI=1S/C23H31N3O5S/c1-17(2)24-23(28)18(3)25(15-19-10-9-13-21(14-19)31-4)22(27)16-26(32(5,29)30)20-11-7-6-8-12-20/h6-14,17-18H,15-16H2,1-5H3,(H,24,28). The number of sulfonamides is 1. The van der Waals surface area contributed by atoms with Crippen molar-refractivity contribution in [3.05, 3.63) is 60.2 Å². The molecule has 1 atom stereocenters. The monoisotopic (exact) mass is 461 g/mol. The van der Waals surface area contributed by atoms with Gasteiger partial charge in [-0.1, -0.05) is 30.3 Å². The normalized spacial score (nSPS) is 12.2. The summed E-state index contributed by atoms with van der Waals surface area (Å²) in [5.74, 6) is -0.188. The number of nitrogens with one attached hydrogen (secondary N) is 1. The molecule has 0 aliphatic heterocycles. The average Bonchev–Trinajstić information content (AvgIpc) is 2.74. The molecule has 0 bridgehead atoms. The largest absolute Gasteiger partial charge is 0.497 e. The second-order valence-electron chi connectivity index (χ2n) is 7.82. The zero-order valence-electron chi connectivity index (χ0n) is 19.1. The van der Waals surface area contributed by atoms with Crippen LogP contribution in [0.25, 0.3) is 0 Å². The Balaban J connectivity index is 2.37. The molecule has 2 aromatic carbocycles. The number of carbonyl (C=O) groups excluding carboxylic acids is 2. The number of para-hydroxylation sites is 1. The molecule has 32 heavy (non-hydrogen) atoms. The molecule has 0 aromatic heterocycles. The van der Waals surface area contributed by atoms with Crippen LogP contribution in [0.15, 0.2) is 54.6 Å². The van der Waals surface area contributed by atoms with Gasteiger partial charge in [-0.3, -0.25) is 13.9 Å². The average molecular weight is 462 g/mol. The fourth-order valence-corrected chi connectivity index (χ4v) is 4.01. The fourth-order valence-electron chi connectivity index (χ4n) is 3.16. The van der Waals surface area contributed by atoms with Gasteiger partial charge in [-0.2, -0.15) is 0 Å². The van der Waals surface area contributed by atoms with Gasteiger partial charge in [0.2, 0.25) is 21.8 Å². The summed E-state index contributed by atoms with van der Waals surface area (Å²) in [4.78, 5) is 27.5. The molecule has 1 N–H and O–H groups in total. The van der Waals surface area contributed by atoms with Crippen LogP contribution in [0.2, 0.25) is 0 Å². The van der Waals surface area contributed by atoms with Gasteiger partial charge < -0.3 is 15.0 Å². The molecule has 0 saturated heterocycles. The van der Waals surface area contributed by atoms with Gasteiger partial charge in [0.15, 0.2) is 0 Å². The highest BCUT2D eigenvalue weighted by molar-refractivity contribution is 7.92. The summed E-state index contributed by atoms with van der Waals surface area (Å²) < 4.78 is 31.2. The molecule has 0 aliphatic rings. The maximum Gasteiger partial charge on any atom is 0.244 e. The molecule has 0 heterocycles. The van der Waals surface area contributed by atoms with Crippen molar-refractivity contribution in [2.45, 2.75) is 39.4 Å². The van der Waals surface area contributed by atoms with E-state index >= 15 is 0 Å². The van der Waals surface area contributed by atoms with Gasteiger partial charge in [0.05, 0.1) is 19.1 Å². The summed E-state index contributed by atoms with van der Waals surface area (Å²) in [6.45, 7) is 4.99. The Bertz CT molecular complexity index is 1020. The highest BCUT2D eigenvalue weighted by atomic mass is 32.2. The maximum atomic E-state index is 13.4. The lowest BCUT2D eigenvalue weighted by Crippen LogP contribution is -2.52. The van der Waals surface area contributed by atoms with E-state index in [2.05, 4.69) is 5.32 Å². The van der Waals surface area contributed by atoms with Gasteiger partial charge in [0.25, 0.3) is 0 Å². The molecular formula is C23H31N3O5S. The molecule has 2 rings (SSSR count). The van der Waals surface area contributed by atoms with Crippen molar-refractivity contribution >= 4 is 27.5 Å². The number of benzene rings is 2. The smallest absolute Gasteiger partial charge is 0.244 e. The fraction of sp³-hybridized carbons (Fsp3) is 0.391. The summed E-state index contributed by atoms with van der Waals surface area (Å²) >= 11 is 0. The molecule has 0 spiro atoms. The van der Waals surface area contributed by atoms with Crippen LogP contribution >= 0.6 is 0 Å². The number of rotatable bonds is 10. The minimum Gasteiger partial charge on any atom is -0.497 e. The first kappa shape index (κ1) is 25.2. The summed E-state index contributed by atoms with van der Waals surface area (Å²) in [6.07, 6.45) is 1.05. The van der Waals surface area contributed by atoms with Gasteiger partial charge in [-0.05, 0) is 50.6 Å². The van der Waals surface area contributed by atoms with E-state index in [1.165, 1.54) is 4.90 Å². The number of methoxy groups -OCH3 is 1. The van der Waals surface area contributed by atoms with Crippen LogP contribution in [0.3, 0.4) is 0 Å². The lowest BCUT2D eigenvalue weighted by molar-refractivity contribution is -0.139. The number of amides is 2. The third kappa shape index (κ3) is 6.98. The quantitative estimate of drug-likeness (QED) is 0.586. The van der Waals surface area contributed by atoms with E-state index in [1.54, 1.807) is 62.6 Å². The molecule has 0 fully saturated rings. The number of anilines is 1. The van der Waals surface area contributed by atoms with Crippen LogP contribution in [-0.2, 0) is 26.2 Å². The molecule has 8 nitrogen and oxygen atoms in total. The first-order valence-corrected chi connectivity index (χ1v) is 12.1. The minimum absolute atomic E-state index is 0.101. The Morgan fingerprint density at radius 3 is 2.25 bits per heavy atom. The lowest BCUT2D eigenvalue weighted by Gasteiger charge is -2.32. The molecule has 174 valence electrons. The van der Waals surface area contributed by atoms with Gasteiger partial charge in [-0.15, -0.1) is 0 Å². The van der Waals surface area contributed by atoms with Crippen LogP contribution in [0.4, 0.5) is 5.69 Å². The zero-order valence-corrected chi connectivity index (χ0v) is 19.9. The van der Waals surface area contributed by atoms with Gasteiger partial charge >= 0.3 is 0 Å². The first-order chi connectivity index (χ1) is 15.0. The maximum absolute atomic E-state index is 13.4. The van der Waals surface area contributed by atoms with E-state index in [0.717, 1.165) is 16.1 Å². The van der Waals surface area contributed by atoms with Crippen LogP contribution in [-0.4, -0.2) is 57.1 Å². The third-order valence-corrected chi connectivity index (χ3v) is 5.95. The van der Waals surface area contributed by atoms with Gasteiger partial charge in [-0.25, -0.2) is 8.42 Å². The van der Waals surface area contributed by atoms with Gasteiger partial charge in [0.1, 0.15) is 18.3 Å². The lowest BCUT2D eigenvalue weighted by atomic mass is 10.1. The second-order valence-corrected chi connectivity index (χ2v) is 9.72. The van der Waals surface area contributed by atoms with Crippen LogP contribution in [0, 0.1) is 0 Å². The van der Waals surface area contributed by atoms with Crippen LogP contribution < -0.4 is 14.4 Å². The molecule has 2 aromatic rings. The molecule has 1 unspecified atom stereocenters. The molecule has 2 amide bonds. The number of ether oxygens (including phenoxy) is 1.